The lowest BCUT2D eigenvalue weighted by molar-refractivity contribution is -0.537. The Labute approximate surface area is 100 Å². The molecule has 0 aliphatic carbocycles. The van der Waals surface area contributed by atoms with E-state index in [1.54, 1.807) is 0 Å². The zero-order chi connectivity index (χ0) is 13.4. The maximum absolute atomic E-state index is 8.59. The second-order valence-electron chi connectivity index (χ2n) is 4.28. The molecule has 0 aromatic carbocycles. The van der Waals surface area contributed by atoms with Crippen LogP contribution in [0.1, 0.15) is 40.0 Å². The Balaban J connectivity index is 4.12. The maximum atomic E-state index is 8.59. The molecule has 0 aromatic heterocycles. The van der Waals surface area contributed by atoms with Crippen molar-refractivity contribution >= 4 is 0 Å². The number of hydrogen-bond donors (Lipinski definition) is 4. The van der Waals surface area contributed by atoms with E-state index in [1.807, 2.05) is 0 Å². The molecule has 0 radical (unpaired) electrons. The lowest BCUT2D eigenvalue weighted by Gasteiger charge is -2.25. The Hall–Kier alpha value is -0.320. The smallest absolute Gasteiger partial charge is 0.112 e. The molecule has 104 valence electrons. The third-order valence-corrected chi connectivity index (χ3v) is 2.28. The Morgan fingerprint density at radius 3 is 1.82 bits per heavy atom. The topological polar surface area (TPSA) is 106 Å². The van der Waals surface area contributed by atoms with Gasteiger partial charge in [0.1, 0.15) is 12.2 Å². The minimum Gasteiger partial charge on any atom is -0.266 e. The zero-order valence-electron chi connectivity index (χ0n) is 10.4. The quantitative estimate of drug-likeness (QED) is 0.460. The average Bonchev–Trinajstić information content (AvgIpc) is 2.13. The van der Waals surface area contributed by atoms with Gasteiger partial charge in [0, 0.05) is 0 Å². The normalized spacial score (nSPS) is 15.9. The van der Waals surface area contributed by atoms with Crippen LogP contribution >= 0.6 is 0 Å². The van der Waals surface area contributed by atoms with Crippen molar-refractivity contribution in [3.63, 3.8) is 0 Å². The molecule has 2 atom stereocenters. The highest BCUT2D eigenvalue weighted by molar-refractivity contribution is 4.65. The van der Waals surface area contributed by atoms with Gasteiger partial charge in [0.25, 0.3) is 0 Å². The molecule has 2 unspecified atom stereocenters. The highest BCUT2D eigenvalue weighted by atomic mass is 17.1. The van der Waals surface area contributed by atoms with Gasteiger partial charge >= 0.3 is 0 Å². The van der Waals surface area contributed by atoms with Gasteiger partial charge in [-0.15, -0.1) is 0 Å². The molecule has 17 heavy (non-hydrogen) atoms. The number of nitrogens with zero attached hydrogens (tertiary/aromatic N) is 2. The molecule has 0 rings (SSSR count). The predicted molar refractivity (Wildman–Crippen MR) is 54.9 cm³/mol. The van der Waals surface area contributed by atoms with Gasteiger partial charge in [-0.1, -0.05) is 26.7 Å². The molecule has 0 saturated heterocycles. The van der Waals surface area contributed by atoms with Gasteiger partial charge in [-0.25, -0.2) is 9.68 Å². The van der Waals surface area contributed by atoms with E-state index in [9.17, 15) is 0 Å². The molecule has 0 heterocycles. The minimum atomic E-state index is -0.751. The summed E-state index contributed by atoms with van der Waals surface area (Å²) >= 11 is 0. The summed E-state index contributed by atoms with van der Waals surface area (Å²) in [7, 11) is 0. The van der Waals surface area contributed by atoms with Crippen molar-refractivity contribution in [2.24, 2.45) is 5.92 Å². The van der Waals surface area contributed by atoms with Gasteiger partial charge in [-0.05, 0) is 19.3 Å². The molecule has 0 amide bonds. The van der Waals surface area contributed by atoms with Crippen LogP contribution in [-0.4, -0.2) is 43.8 Å². The molecule has 0 bridgehead atoms. The summed E-state index contributed by atoms with van der Waals surface area (Å²) in [6.07, 6.45) is 0.779. The van der Waals surface area contributed by atoms with Crippen LogP contribution in [0.2, 0.25) is 0 Å². The lowest BCUT2D eigenvalue weighted by Crippen LogP contribution is -2.37. The van der Waals surface area contributed by atoms with E-state index in [0.29, 0.717) is 12.3 Å². The maximum Gasteiger partial charge on any atom is 0.112 e. The van der Waals surface area contributed by atoms with Crippen molar-refractivity contribution in [2.75, 3.05) is 0 Å². The van der Waals surface area contributed by atoms with E-state index >= 15 is 0 Å². The molecule has 0 aliphatic heterocycles. The Morgan fingerprint density at radius 2 is 1.41 bits per heavy atom. The molecule has 8 heteroatoms. The summed E-state index contributed by atoms with van der Waals surface area (Å²) in [5, 5.41) is 33.3. The van der Waals surface area contributed by atoms with E-state index in [0.717, 1.165) is 12.8 Å². The largest absolute Gasteiger partial charge is 0.266 e. The van der Waals surface area contributed by atoms with Crippen LogP contribution < -0.4 is 0 Å². The summed E-state index contributed by atoms with van der Waals surface area (Å²) in [5.74, 6) is 0.526. The van der Waals surface area contributed by atoms with Crippen LogP contribution in [0, 0.1) is 5.92 Å². The van der Waals surface area contributed by atoms with E-state index in [4.69, 9.17) is 20.8 Å². The van der Waals surface area contributed by atoms with Gasteiger partial charge in [0.2, 0.25) is 0 Å². The lowest BCUT2D eigenvalue weighted by atomic mass is 10.0. The molecule has 0 fully saturated rings. The Morgan fingerprint density at radius 1 is 0.882 bits per heavy atom. The van der Waals surface area contributed by atoms with E-state index < -0.39 is 23.0 Å². The summed E-state index contributed by atoms with van der Waals surface area (Å²) in [6.45, 7) is 5.66. The van der Waals surface area contributed by atoms with Crippen molar-refractivity contribution in [3.05, 3.63) is 0 Å². The molecular weight excluding hydrogens is 232 g/mol. The second kappa shape index (κ2) is 8.72. The van der Waals surface area contributed by atoms with Crippen LogP contribution in [0.15, 0.2) is 0 Å². The van der Waals surface area contributed by atoms with Crippen LogP contribution in [-0.2, 0) is 9.68 Å². The van der Waals surface area contributed by atoms with Crippen molar-refractivity contribution in [1.29, 1.82) is 0 Å². The van der Waals surface area contributed by atoms with Gasteiger partial charge < -0.3 is 0 Å². The van der Waals surface area contributed by atoms with E-state index in [2.05, 4.69) is 23.5 Å². The van der Waals surface area contributed by atoms with Crippen LogP contribution in [0.25, 0.3) is 0 Å². The van der Waals surface area contributed by atoms with Crippen molar-refractivity contribution in [2.45, 2.75) is 52.2 Å². The SMILES string of the molecule is CC(C)CCCC(ON(O)O)C(C)ON(O)O. The highest BCUT2D eigenvalue weighted by Gasteiger charge is 2.23. The highest BCUT2D eigenvalue weighted by Crippen LogP contribution is 2.15. The van der Waals surface area contributed by atoms with Gasteiger partial charge in [-0.3, -0.25) is 20.8 Å². The second-order valence-corrected chi connectivity index (χ2v) is 4.28. The first kappa shape index (κ1) is 16.7. The van der Waals surface area contributed by atoms with Crippen LogP contribution in [0.5, 0.6) is 0 Å². The molecule has 8 nitrogen and oxygen atoms in total. The fourth-order valence-electron chi connectivity index (χ4n) is 1.44. The number of hydrogen-bond acceptors (Lipinski definition) is 8. The predicted octanol–water partition coefficient (Wildman–Crippen LogP) is 1.59. The first-order valence-electron chi connectivity index (χ1n) is 5.52. The van der Waals surface area contributed by atoms with Crippen molar-refractivity contribution < 1.29 is 30.5 Å². The monoisotopic (exact) mass is 254 g/mol. The summed E-state index contributed by atoms with van der Waals surface area (Å²) in [6, 6.07) is 0. The van der Waals surface area contributed by atoms with Crippen molar-refractivity contribution in [1.82, 2.24) is 10.8 Å². The summed E-state index contributed by atoms with van der Waals surface area (Å²) in [4.78, 5) is 9.21. The summed E-state index contributed by atoms with van der Waals surface area (Å²) < 4.78 is 0. The average molecular weight is 254 g/mol. The molecule has 4 N–H and O–H groups in total. The first-order valence-corrected chi connectivity index (χ1v) is 5.52. The standard InChI is InChI=1S/C9H22N2O6/c1-7(2)5-4-6-9(17-11(14)15)8(3)16-10(12)13/h7-9,12-15H,4-6H2,1-3H3. The van der Waals surface area contributed by atoms with E-state index in [-0.39, 0.29) is 0 Å². The third kappa shape index (κ3) is 9.39. The van der Waals surface area contributed by atoms with Crippen molar-refractivity contribution in [3.8, 4) is 0 Å². The Bertz CT molecular complexity index is 190. The molecule has 0 saturated carbocycles. The van der Waals surface area contributed by atoms with Gasteiger partial charge in [0.05, 0.1) is 10.8 Å². The van der Waals surface area contributed by atoms with E-state index in [1.165, 1.54) is 6.92 Å². The fourth-order valence-corrected chi connectivity index (χ4v) is 1.44. The molecular formula is C9H22N2O6. The third-order valence-electron chi connectivity index (χ3n) is 2.28. The van der Waals surface area contributed by atoms with Crippen LogP contribution in [0.4, 0.5) is 0 Å². The van der Waals surface area contributed by atoms with Gasteiger partial charge in [-0.2, -0.15) is 0 Å². The first-order chi connectivity index (χ1) is 7.82. The number of rotatable bonds is 9. The minimum absolute atomic E-state index is 0.404. The summed E-state index contributed by atoms with van der Waals surface area (Å²) in [5.41, 5.74) is 0. The fraction of sp³-hybridized carbons (Fsp3) is 1.00. The molecule has 0 aromatic rings. The molecule has 0 aliphatic rings. The van der Waals surface area contributed by atoms with Crippen LogP contribution in [0.3, 0.4) is 0 Å². The van der Waals surface area contributed by atoms with Gasteiger partial charge in [0.15, 0.2) is 0 Å². The Kier molecular flexibility index (Phi) is 8.56. The molecule has 0 spiro atoms. The zero-order valence-corrected chi connectivity index (χ0v) is 10.4.